The number of nitrogens with one attached hydrogen (secondary N) is 2. The quantitative estimate of drug-likeness (QED) is 0.716. The van der Waals surface area contributed by atoms with E-state index in [2.05, 4.69) is 9.71 Å². The van der Waals surface area contributed by atoms with E-state index in [1.165, 1.54) is 0 Å². The third kappa shape index (κ3) is 3.58. The van der Waals surface area contributed by atoms with Crippen LogP contribution >= 0.6 is 0 Å². The number of aryl methyl sites for hydroxylation is 1. The first-order valence-corrected chi connectivity index (χ1v) is 9.16. The summed E-state index contributed by atoms with van der Waals surface area (Å²) >= 11 is 0. The maximum Gasteiger partial charge on any atom is 0.417 e. The van der Waals surface area contributed by atoms with Gasteiger partial charge in [0.15, 0.2) is 5.58 Å². The van der Waals surface area contributed by atoms with Crippen LogP contribution in [0.2, 0.25) is 0 Å². The van der Waals surface area contributed by atoms with Crippen LogP contribution in [0.25, 0.3) is 11.1 Å². The average molecular weight is 346 g/mol. The molecule has 0 aliphatic carbocycles. The number of aromatic nitrogens is 1. The minimum Gasteiger partial charge on any atom is -0.408 e. The second-order valence-corrected chi connectivity index (χ2v) is 7.26. The molecule has 3 aromatic rings. The molecule has 0 spiro atoms. The summed E-state index contributed by atoms with van der Waals surface area (Å²) in [5.41, 5.74) is 3.09. The van der Waals surface area contributed by atoms with Crippen molar-refractivity contribution in [2.75, 3.05) is 6.54 Å². The van der Waals surface area contributed by atoms with Crippen LogP contribution in [-0.2, 0) is 22.9 Å². The van der Waals surface area contributed by atoms with E-state index in [4.69, 9.17) is 4.42 Å². The summed E-state index contributed by atoms with van der Waals surface area (Å²) in [5, 5.41) is 0. The summed E-state index contributed by atoms with van der Waals surface area (Å²) in [6.07, 6.45) is 1.38. The lowest BCUT2D eigenvalue weighted by Gasteiger charge is -2.07. The van der Waals surface area contributed by atoms with Gasteiger partial charge in [0, 0.05) is 6.54 Å². The molecule has 0 fully saturated rings. The number of rotatable bonds is 6. The van der Waals surface area contributed by atoms with Gasteiger partial charge in [-0.1, -0.05) is 25.1 Å². The minimum atomic E-state index is -3.52. The van der Waals surface area contributed by atoms with Crippen molar-refractivity contribution in [1.29, 1.82) is 0 Å². The van der Waals surface area contributed by atoms with E-state index in [9.17, 15) is 13.2 Å². The largest absolute Gasteiger partial charge is 0.417 e. The Balaban J connectivity index is 1.66. The lowest BCUT2D eigenvalue weighted by atomic mass is 10.1. The zero-order valence-corrected chi connectivity index (χ0v) is 14.0. The lowest BCUT2D eigenvalue weighted by Crippen LogP contribution is -2.26. The van der Waals surface area contributed by atoms with Crippen molar-refractivity contribution in [3.8, 4) is 0 Å². The number of sulfonamides is 1. The number of aromatic amines is 1. The molecule has 0 amide bonds. The number of H-pyrrole nitrogens is 1. The molecule has 6 nitrogen and oxygen atoms in total. The van der Waals surface area contributed by atoms with Gasteiger partial charge in [0.2, 0.25) is 10.0 Å². The molecule has 0 saturated heterocycles. The molecule has 126 valence electrons. The lowest BCUT2D eigenvalue weighted by molar-refractivity contribution is 0.555. The molecule has 0 radical (unpaired) electrons. The van der Waals surface area contributed by atoms with Crippen LogP contribution in [0.1, 0.15) is 18.1 Å². The number of fused-ring (bicyclic) bond motifs is 1. The molecule has 3 rings (SSSR count). The highest BCUT2D eigenvalue weighted by Crippen LogP contribution is 2.13. The van der Waals surface area contributed by atoms with Crippen LogP contribution in [0.15, 0.2) is 56.6 Å². The molecule has 0 saturated carbocycles. The Morgan fingerprint density at radius 2 is 1.79 bits per heavy atom. The van der Waals surface area contributed by atoms with Crippen molar-refractivity contribution in [2.45, 2.75) is 24.7 Å². The summed E-state index contributed by atoms with van der Waals surface area (Å²) in [4.78, 5) is 14.0. The smallest absolute Gasteiger partial charge is 0.408 e. The zero-order chi connectivity index (χ0) is 17.2. The normalized spacial score (nSPS) is 11.9. The molecule has 7 heteroatoms. The van der Waals surface area contributed by atoms with Gasteiger partial charge in [0.1, 0.15) is 0 Å². The van der Waals surface area contributed by atoms with Gasteiger partial charge in [-0.05, 0) is 48.2 Å². The van der Waals surface area contributed by atoms with Crippen LogP contribution in [0, 0.1) is 0 Å². The fourth-order valence-electron chi connectivity index (χ4n) is 2.47. The zero-order valence-electron chi connectivity index (χ0n) is 13.2. The average Bonchev–Trinajstić information content (AvgIpc) is 2.94. The van der Waals surface area contributed by atoms with E-state index in [0.717, 1.165) is 17.5 Å². The molecule has 2 aromatic carbocycles. The monoisotopic (exact) mass is 346 g/mol. The highest BCUT2D eigenvalue weighted by molar-refractivity contribution is 7.89. The van der Waals surface area contributed by atoms with Crippen molar-refractivity contribution >= 4 is 21.1 Å². The van der Waals surface area contributed by atoms with Gasteiger partial charge in [-0.2, -0.15) is 0 Å². The Morgan fingerprint density at radius 1 is 1.08 bits per heavy atom. The summed E-state index contributed by atoms with van der Waals surface area (Å²) in [6, 6.07) is 12.1. The maximum atomic E-state index is 12.3. The van der Waals surface area contributed by atoms with Gasteiger partial charge in [0.25, 0.3) is 0 Å². The van der Waals surface area contributed by atoms with Crippen LogP contribution in [0.3, 0.4) is 0 Å². The first kappa shape index (κ1) is 16.5. The molecule has 24 heavy (non-hydrogen) atoms. The van der Waals surface area contributed by atoms with Crippen LogP contribution in [0.5, 0.6) is 0 Å². The predicted octanol–water partition coefficient (Wildman–Crippen LogP) is 2.20. The highest BCUT2D eigenvalue weighted by atomic mass is 32.2. The Labute approximate surface area is 139 Å². The van der Waals surface area contributed by atoms with Crippen molar-refractivity contribution in [1.82, 2.24) is 9.71 Å². The standard InChI is InChI=1S/C17H18N2O4S/c1-2-12-3-6-14(7-4-12)24(21,22)18-10-9-13-5-8-16-15(11-13)19-17(20)23-16/h3-8,11,18H,2,9-10H2,1H3,(H,19,20). The van der Waals surface area contributed by atoms with Crippen molar-refractivity contribution in [3.63, 3.8) is 0 Å². The Kier molecular flexibility index (Phi) is 4.55. The molecular weight excluding hydrogens is 328 g/mol. The van der Waals surface area contributed by atoms with Crippen LogP contribution in [-0.4, -0.2) is 19.9 Å². The van der Waals surface area contributed by atoms with Crippen molar-refractivity contribution in [3.05, 3.63) is 64.1 Å². The Hall–Kier alpha value is -2.38. The van der Waals surface area contributed by atoms with E-state index in [0.29, 0.717) is 17.5 Å². The van der Waals surface area contributed by atoms with Crippen molar-refractivity contribution < 1.29 is 12.8 Å². The van der Waals surface area contributed by atoms with Crippen molar-refractivity contribution in [2.24, 2.45) is 0 Å². The van der Waals surface area contributed by atoms with Gasteiger partial charge >= 0.3 is 5.76 Å². The third-order valence-electron chi connectivity index (χ3n) is 3.83. The fraction of sp³-hybridized carbons (Fsp3) is 0.235. The molecule has 2 N–H and O–H groups in total. The van der Waals surface area contributed by atoms with E-state index in [-0.39, 0.29) is 11.4 Å². The number of benzene rings is 2. The van der Waals surface area contributed by atoms with Crippen LogP contribution < -0.4 is 10.5 Å². The molecule has 0 aliphatic heterocycles. The number of hydrogen-bond acceptors (Lipinski definition) is 4. The third-order valence-corrected chi connectivity index (χ3v) is 5.31. The van der Waals surface area contributed by atoms with Gasteiger partial charge in [-0.25, -0.2) is 17.9 Å². The summed E-state index contributed by atoms with van der Waals surface area (Å²) in [6.45, 7) is 2.29. The Morgan fingerprint density at radius 3 is 2.50 bits per heavy atom. The van der Waals surface area contributed by atoms with E-state index in [1.54, 1.807) is 24.3 Å². The maximum absolute atomic E-state index is 12.3. The molecule has 0 aliphatic rings. The van der Waals surface area contributed by atoms with E-state index >= 15 is 0 Å². The van der Waals surface area contributed by atoms with Gasteiger partial charge in [-0.15, -0.1) is 0 Å². The second-order valence-electron chi connectivity index (χ2n) is 5.49. The SMILES string of the molecule is CCc1ccc(S(=O)(=O)NCCc2ccc3oc(=O)[nH]c3c2)cc1. The summed E-state index contributed by atoms with van der Waals surface area (Å²) in [5.74, 6) is -0.502. The van der Waals surface area contributed by atoms with Gasteiger partial charge in [-0.3, -0.25) is 4.98 Å². The molecule has 0 bridgehead atoms. The molecule has 0 atom stereocenters. The topological polar surface area (TPSA) is 92.2 Å². The molecule has 0 unspecified atom stereocenters. The highest BCUT2D eigenvalue weighted by Gasteiger charge is 2.13. The predicted molar refractivity (Wildman–Crippen MR) is 91.5 cm³/mol. The number of hydrogen-bond donors (Lipinski definition) is 2. The van der Waals surface area contributed by atoms with Crippen LogP contribution in [0.4, 0.5) is 0 Å². The van der Waals surface area contributed by atoms with E-state index < -0.39 is 15.8 Å². The molecule has 1 aromatic heterocycles. The van der Waals surface area contributed by atoms with Gasteiger partial charge in [0.05, 0.1) is 10.4 Å². The molecule has 1 heterocycles. The van der Waals surface area contributed by atoms with Gasteiger partial charge < -0.3 is 4.42 Å². The first-order valence-electron chi connectivity index (χ1n) is 7.68. The number of oxazole rings is 1. The fourth-order valence-corrected chi connectivity index (χ4v) is 3.50. The second kappa shape index (κ2) is 6.62. The summed E-state index contributed by atoms with van der Waals surface area (Å²) in [7, 11) is -3.52. The Bertz CT molecular complexity index is 1000. The minimum absolute atomic E-state index is 0.259. The first-order chi connectivity index (χ1) is 11.5. The summed E-state index contributed by atoms with van der Waals surface area (Å²) < 4.78 is 32.1. The van der Waals surface area contributed by atoms with E-state index in [1.807, 2.05) is 25.1 Å². The molecular formula is C17H18N2O4S.